The van der Waals surface area contributed by atoms with Crippen molar-refractivity contribution in [3.05, 3.63) is 0 Å². The van der Waals surface area contributed by atoms with Crippen LogP contribution in [0, 0.1) is 11.8 Å². The summed E-state index contributed by atoms with van der Waals surface area (Å²) in [5, 5.41) is 0. The Morgan fingerprint density at radius 1 is 1.00 bits per heavy atom. The van der Waals surface area contributed by atoms with Crippen LogP contribution in [0.15, 0.2) is 0 Å². The molecular formula is C9H24N2. The quantitative estimate of drug-likeness (QED) is 0.644. The lowest BCUT2D eigenvalue weighted by Crippen LogP contribution is -2.21. The summed E-state index contributed by atoms with van der Waals surface area (Å²) in [5.74, 6) is 1.29. The second-order valence-corrected chi connectivity index (χ2v) is 3.73. The summed E-state index contributed by atoms with van der Waals surface area (Å²) in [6.45, 7) is 11.2. The lowest BCUT2D eigenvalue weighted by molar-refractivity contribution is 0.529. The zero-order chi connectivity index (χ0) is 9.44. The number of hydrogen-bond acceptors (Lipinski definition) is 2. The van der Waals surface area contributed by atoms with E-state index in [-0.39, 0.29) is 0 Å². The smallest absolute Gasteiger partial charge is 0.00334 e. The highest BCUT2D eigenvalue weighted by atomic mass is 14.6. The molecule has 0 bridgehead atoms. The van der Waals surface area contributed by atoms with Crippen molar-refractivity contribution in [3.8, 4) is 0 Å². The van der Waals surface area contributed by atoms with Crippen LogP contribution in [0.5, 0.6) is 0 Å². The van der Waals surface area contributed by atoms with E-state index in [1.54, 1.807) is 0 Å². The molecule has 1 atom stereocenters. The van der Waals surface area contributed by atoms with Crippen LogP contribution in [0.4, 0.5) is 0 Å². The van der Waals surface area contributed by atoms with Gasteiger partial charge in [0, 0.05) is 6.04 Å². The summed E-state index contributed by atoms with van der Waals surface area (Å²) >= 11 is 0. The van der Waals surface area contributed by atoms with Gasteiger partial charge in [0.25, 0.3) is 0 Å². The van der Waals surface area contributed by atoms with Gasteiger partial charge in [0.2, 0.25) is 0 Å². The molecule has 2 nitrogen and oxygen atoms in total. The van der Waals surface area contributed by atoms with Crippen molar-refractivity contribution in [2.45, 2.75) is 40.7 Å². The zero-order valence-corrected chi connectivity index (χ0v) is 8.59. The molecule has 0 aliphatic carbocycles. The Kier molecular flexibility index (Phi) is 9.85. The molecule has 1 unspecified atom stereocenters. The van der Waals surface area contributed by atoms with E-state index < -0.39 is 0 Å². The average Bonchev–Trinajstić information content (AvgIpc) is 1.89. The van der Waals surface area contributed by atoms with Gasteiger partial charge >= 0.3 is 0 Å². The Balaban J connectivity index is 0. The second kappa shape index (κ2) is 8.02. The van der Waals surface area contributed by atoms with E-state index in [1.807, 2.05) is 6.92 Å². The summed E-state index contributed by atoms with van der Waals surface area (Å²) in [4.78, 5) is 0. The standard InChI is InChI=1S/C5H13N.C4H11N/c1-4(2)5(3)6;1-4(2)3-5/h4-5H,6H2,1-3H3;4H,3,5H2,1-2H3. The minimum atomic E-state index is 0.352. The maximum Gasteiger partial charge on any atom is 0.00334 e. The topological polar surface area (TPSA) is 52.0 Å². The Hall–Kier alpha value is -0.0800. The van der Waals surface area contributed by atoms with E-state index in [9.17, 15) is 0 Å². The highest BCUT2D eigenvalue weighted by Crippen LogP contribution is 1.93. The predicted octanol–water partition coefficient (Wildman–Crippen LogP) is 1.59. The molecule has 0 saturated heterocycles. The van der Waals surface area contributed by atoms with Crippen LogP contribution >= 0.6 is 0 Å². The average molecular weight is 160 g/mol. The first kappa shape index (κ1) is 13.5. The van der Waals surface area contributed by atoms with Gasteiger partial charge in [-0.15, -0.1) is 0 Å². The van der Waals surface area contributed by atoms with Crippen LogP contribution in [-0.2, 0) is 0 Å². The first-order valence-corrected chi connectivity index (χ1v) is 4.37. The summed E-state index contributed by atoms with van der Waals surface area (Å²) in [7, 11) is 0. The third kappa shape index (κ3) is 17.8. The van der Waals surface area contributed by atoms with Gasteiger partial charge in [0.1, 0.15) is 0 Å². The van der Waals surface area contributed by atoms with Crippen molar-refractivity contribution >= 4 is 0 Å². The van der Waals surface area contributed by atoms with Gasteiger partial charge in [-0.1, -0.05) is 27.7 Å². The summed E-state index contributed by atoms with van der Waals surface area (Å²) in [6, 6.07) is 0.352. The van der Waals surface area contributed by atoms with Crippen molar-refractivity contribution in [1.29, 1.82) is 0 Å². The van der Waals surface area contributed by atoms with Crippen molar-refractivity contribution < 1.29 is 0 Å². The van der Waals surface area contributed by atoms with Crippen molar-refractivity contribution in [2.75, 3.05) is 6.54 Å². The van der Waals surface area contributed by atoms with E-state index >= 15 is 0 Å². The fraction of sp³-hybridized carbons (Fsp3) is 1.00. The van der Waals surface area contributed by atoms with Crippen LogP contribution in [0.1, 0.15) is 34.6 Å². The maximum atomic E-state index is 5.44. The van der Waals surface area contributed by atoms with Gasteiger partial charge in [-0.25, -0.2) is 0 Å². The highest BCUT2D eigenvalue weighted by molar-refractivity contribution is 4.55. The van der Waals surface area contributed by atoms with Crippen LogP contribution in [-0.4, -0.2) is 12.6 Å². The van der Waals surface area contributed by atoms with E-state index in [2.05, 4.69) is 27.7 Å². The summed E-state index contributed by atoms with van der Waals surface area (Å²) < 4.78 is 0. The summed E-state index contributed by atoms with van der Waals surface area (Å²) in [5.41, 5.74) is 10.6. The van der Waals surface area contributed by atoms with Gasteiger partial charge in [0.15, 0.2) is 0 Å². The normalized spacial score (nSPS) is 12.8. The molecule has 70 valence electrons. The third-order valence-corrected chi connectivity index (χ3v) is 1.52. The van der Waals surface area contributed by atoms with Gasteiger partial charge in [0.05, 0.1) is 0 Å². The first-order chi connectivity index (χ1) is 4.91. The molecule has 2 heteroatoms. The lowest BCUT2D eigenvalue weighted by Gasteiger charge is -2.05. The molecular weight excluding hydrogens is 136 g/mol. The molecule has 0 radical (unpaired) electrons. The number of hydrogen-bond donors (Lipinski definition) is 2. The van der Waals surface area contributed by atoms with Crippen molar-refractivity contribution in [1.82, 2.24) is 0 Å². The molecule has 0 aromatic carbocycles. The molecule has 4 N–H and O–H groups in total. The monoisotopic (exact) mass is 160 g/mol. The molecule has 0 aromatic heterocycles. The van der Waals surface area contributed by atoms with Gasteiger partial charge in [-0.05, 0) is 25.3 Å². The Bertz CT molecular complexity index is 62.0. The van der Waals surface area contributed by atoms with Crippen molar-refractivity contribution in [2.24, 2.45) is 23.3 Å². The molecule has 0 aliphatic rings. The molecule has 0 heterocycles. The van der Waals surface area contributed by atoms with Crippen LogP contribution < -0.4 is 11.5 Å². The number of rotatable bonds is 2. The molecule has 0 saturated carbocycles. The number of nitrogens with two attached hydrogens (primary N) is 2. The van der Waals surface area contributed by atoms with Crippen LogP contribution in [0.2, 0.25) is 0 Å². The fourth-order valence-electron chi connectivity index (χ4n) is 0. The van der Waals surface area contributed by atoms with E-state index in [0.717, 1.165) is 6.54 Å². The molecule has 0 aliphatic heterocycles. The highest BCUT2D eigenvalue weighted by Gasteiger charge is 1.95. The fourth-order valence-corrected chi connectivity index (χ4v) is 0. The lowest BCUT2D eigenvalue weighted by atomic mass is 10.1. The minimum absolute atomic E-state index is 0.352. The molecule has 0 aromatic rings. The largest absolute Gasteiger partial charge is 0.330 e. The Morgan fingerprint density at radius 2 is 1.18 bits per heavy atom. The third-order valence-electron chi connectivity index (χ3n) is 1.52. The Morgan fingerprint density at radius 3 is 1.18 bits per heavy atom. The van der Waals surface area contributed by atoms with Crippen molar-refractivity contribution in [3.63, 3.8) is 0 Å². The molecule has 0 fully saturated rings. The van der Waals surface area contributed by atoms with E-state index in [1.165, 1.54) is 0 Å². The SMILES string of the molecule is CC(C)C(C)N.CC(C)CN. The Labute approximate surface area is 71.3 Å². The van der Waals surface area contributed by atoms with Gasteiger partial charge < -0.3 is 11.5 Å². The molecule has 0 rings (SSSR count). The van der Waals surface area contributed by atoms with E-state index in [0.29, 0.717) is 17.9 Å². The molecule has 0 amide bonds. The minimum Gasteiger partial charge on any atom is -0.330 e. The second-order valence-electron chi connectivity index (χ2n) is 3.73. The maximum absolute atomic E-state index is 5.44. The molecule has 11 heavy (non-hydrogen) atoms. The first-order valence-electron chi connectivity index (χ1n) is 4.37. The van der Waals surface area contributed by atoms with E-state index in [4.69, 9.17) is 11.5 Å². The van der Waals surface area contributed by atoms with Gasteiger partial charge in [-0.2, -0.15) is 0 Å². The predicted molar refractivity (Wildman–Crippen MR) is 52.4 cm³/mol. The van der Waals surface area contributed by atoms with Gasteiger partial charge in [-0.3, -0.25) is 0 Å². The van der Waals surface area contributed by atoms with Crippen LogP contribution in [0.25, 0.3) is 0 Å². The molecule has 0 spiro atoms. The van der Waals surface area contributed by atoms with Crippen LogP contribution in [0.3, 0.4) is 0 Å². The zero-order valence-electron chi connectivity index (χ0n) is 8.59. The summed E-state index contributed by atoms with van der Waals surface area (Å²) in [6.07, 6.45) is 0.